The van der Waals surface area contributed by atoms with E-state index in [0.29, 0.717) is 17.0 Å². The van der Waals surface area contributed by atoms with Gasteiger partial charge < -0.3 is 5.73 Å². The van der Waals surface area contributed by atoms with Gasteiger partial charge in [-0.15, -0.1) is 0 Å². The van der Waals surface area contributed by atoms with Gasteiger partial charge in [-0.2, -0.15) is 0 Å². The van der Waals surface area contributed by atoms with Crippen LogP contribution >= 0.6 is 0 Å². The van der Waals surface area contributed by atoms with Crippen LogP contribution in [-0.2, 0) is 0 Å². The lowest BCUT2D eigenvalue weighted by Gasteiger charge is -2.07. The predicted molar refractivity (Wildman–Crippen MR) is 54.2 cm³/mol. The number of hydrogen-bond donors (Lipinski definition) is 2. The van der Waals surface area contributed by atoms with Crippen molar-refractivity contribution in [3.63, 3.8) is 0 Å². The zero-order valence-corrected chi connectivity index (χ0v) is 7.94. The van der Waals surface area contributed by atoms with Crippen LogP contribution in [0.15, 0.2) is 35.6 Å². The quantitative estimate of drug-likeness (QED) is 0.488. The molecule has 0 saturated heterocycles. The summed E-state index contributed by atoms with van der Waals surface area (Å²) in [6.45, 7) is 9.24. The minimum atomic E-state index is 0.448. The summed E-state index contributed by atoms with van der Waals surface area (Å²) in [6.07, 6.45) is 3.69. The van der Waals surface area contributed by atoms with Crippen molar-refractivity contribution < 1.29 is 0 Å². The van der Waals surface area contributed by atoms with Gasteiger partial charge in [0.1, 0.15) is 0 Å². The van der Waals surface area contributed by atoms with Crippen molar-refractivity contribution in [3.05, 3.63) is 35.6 Å². The zero-order chi connectivity index (χ0) is 9.72. The summed E-state index contributed by atoms with van der Waals surface area (Å²) in [4.78, 5) is 0. The molecule has 0 atom stereocenters. The molecule has 2 heteroatoms. The van der Waals surface area contributed by atoms with Crippen LogP contribution in [0.4, 0.5) is 0 Å². The normalized spacial score (nSPS) is 12.9. The van der Waals surface area contributed by atoms with E-state index in [-0.39, 0.29) is 0 Å². The lowest BCUT2D eigenvalue weighted by atomic mass is 10.0. The molecule has 0 aromatic carbocycles. The summed E-state index contributed by atoms with van der Waals surface area (Å²) in [5.74, 6) is 0. The molecule has 0 aromatic heterocycles. The summed E-state index contributed by atoms with van der Waals surface area (Å²) >= 11 is 0. The van der Waals surface area contributed by atoms with Crippen molar-refractivity contribution in [1.29, 1.82) is 5.41 Å². The Hall–Kier alpha value is -1.31. The van der Waals surface area contributed by atoms with Crippen molar-refractivity contribution in [1.82, 2.24) is 0 Å². The van der Waals surface area contributed by atoms with E-state index < -0.39 is 0 Å². The van der Waals surface area contributed by atoms with Crippen molar-refractivity contribution in [2.45, 2.75) is 20.8 Å². The average molecular weight is 164 g/mol. The second kappa shape index (κ2) is 4.54. The van der Waals surface area contributed by atoms with E-state index in [1.165, 1.54) is 0 Å². The lowest BCUT2D eigenvalue weighted by Crippen LogP contribution is -2.10. The molecule has 0 fully saturated rings. The van der Waals surface area contributed by atoms with E-state index >= 15 is 0 Å². The SMILES string of the molecule is C=C(N)/C(=C/C)C(=N)/C(C)=C\C. The van der Waals surface area contributed by atoms with E-state index in [0.717, 1.165) is 5.57 Å². The first-order chi connectivity index (χ1) is 5.54. The maximum atomic E-state index is 7.70. The van der Waals surface area contributed by atoms with Gasteiger partial charge in [-0.3, -0.25) is 5.41 Å². The molecular formula is C10H16N2. The summed E-state index contributed by atoms with van der Waals surface area (Å²) < 4.78 is 0. The molecule has 0 radical (unpaired) electrons. The van der Waals surface area contributed by atoms with Crippen LogP contribution < -0.4 is 5.73 Å². The maximum absolute atomic E-state index is 7.70. The number of allylic oxidation sites excluding steroid dienone is 4. The van der Waals surface area contributed by atoms with Crippen LogP contribution in [0.2, 0.25) is 0 Å². The zero-order valence-electron chi connectivity index (χ0n) is 7.94. The number of hydrogen-bond acceptors (Lipinski definition) is 2. The Labute approximate surface area is 74.0 Å². The van der Waals surface area contributed by atoms with Crippen molar-refractivity contribution in [2.24, 2.45) is 5.73 Å². The van der Waals surface area contributed by atoms with Gasteiger partial charge >= 0.3 is 0 Å². The van der Waals surface area contributed by atoms with Crippen molar-refractivity contribution in [2.75, 3.05) is 0 Å². The van der Waals surface area contributed by atoms with E-state index in [9.17, 15) is 0 Å². The summed E-state index contributed by atoms with van der Waals surface area (Å²) in [5.41, 5.74) is 8.03. The number of nitrogens with two attached hydrogens (primary N) is 1. The van der Waals surface area contributed by atoms with Gasteiger partial charge in [0.2, 0.25) is 0 Å². The van der Waals surface area contributed by atoms with Gasteiger partial charge in [-0.1, -0.05) is 18.7 Å². The van der Waals surface area contributed by atoms with Crippen LogP contribution in [0.5, 0.6) is 0 Å². The molecule has 0 saturated carbocycles. The molecule has 0 aliphatic carbocycles. The largest absolute Gasteiger partial charge is 0.399 e. The predicted octanol–water partition coefficient (Wildman–Crippen LogP) is 2.39. The Morgan fingerprint density at radius 1 is 1.33 bits per heavy atom. The molecule has 0 rings (SSSR count). The van der Waals surface area contributed by atoms with Gasteiger partial charge in [-0.25, -0.2) is 0 Å². The molecule has 66 valence electrons. The Balaban J connectivity index is 4.81. The van der Waals surface area contributed by atoms with E-state index in [1.807, 2.05) is 26.8 Å². The van der Waals surface area contributed by atoms with E-state index in [2.05, 4.69) is 6.58 Å². The highest BCUT2D eigenvalue weighted by Crippen LogP contribution is 2.10. The van der Waals surface area contributed by atoms with Crippen molar-refractivity contribution in [3.8, 4) is 0 Å². The highest BCUT2D eigenvalue weighted by Gasteiger charge is 2.05. The monoisotopic (exact) mass is 164 g/mol. The van der Waals surface area contributed by atoms with Gasteiger partial charge in [0.05, 0.1) is 5.71 Å². The molecule has 0 bridgehead atoms. The molecule has 0 aliphatic heterocycles. The van der Waals surface area contributed by atoms with Crippen LogP contribution in [0.25, 0.3) is 0 Å². The summed E-state index contributed by atoms with van der Waals surface area (Å²) in [7, 11) is 0. The topological polar surface area (TPSA) is 49.9 Å². The Morgan fingerprint density at radius 3 is 2.08 bits per heavy atom. The third-order valence-electron chi connectivity index (χ3n) is 1.73. The van der Waals surface area contributed by atoms with E-state index in [1.54, 1.807) is 6.08 Å². The third-order valence-corrected chi connectivity index (χ3v) is 1.73. The first kappa shape index (κ1) is 10.7. The fourth-order valence-corrected chi connectivity index (χ4v) is 0.847. The van der Waals surface area contributed by atoms with Gasteiger partial charge in [0.15, 0.2) is 0 Å². The second-order valence-corrected chi connectivity index (χ2v) is 2.57. The molecular weight excluding hydrogens is 148 g/mol. The minimum Gasteiger partial charge on any atom is -0.399 e. The fourth-order valence-electron chi connectivity index (χ4n) is 0.847. The van der Waals surface area contributed by atoms with Crippen molar-refractivity contribution >= 4 is 5.71 Å². The molecule has 0 aliphatic rings. The Kier molecular flexibility index (Phi) is 4.05. The molecule has 0 amide bonds. The van der Waals surface area contributed by atoms with E-state index in [4.69, 9.17) is 11.1 Å². The molecule has 0 unspecified atom stereocenters. The molecule has 0 heterocycles. The van der Waals surface area contributed by atoms with Crippen LogP contribution in [0, 0.1) is 5.41 Å². The smallest absolute Gasteiger partial charge is 0.0655 e. The molecule has 3 N–H and O–H groups in total. The molecule has 0 spiro atoms. The van der Waals surface area contributed by atoms with Gasteiger partial charge in [0.25, 0.3) is 0 Å². The van der Waals surface area contributed by atoms with Gasteiger partial charge in [0, 0.05) is 11.3 Å². The number of nitrogens with one attached hydrogen (secondary N) is 1. The third kappa shape index (κ3) is 2.38. The summed E-state index contributed by atoms with van der Waals surface area (Å²) in [5, 5.41) is 7.70. The van der Waals surface area contributed by atoms with Crippen LogP contribution in [0.1, 0.15) is 20.8 Å². The van der Waals surface area contributed by atoms with Gasteiger partial charge in [-0.05, 0) is 26.3 Å². The molecule has 0 aromatic rings. The van der Waals surface area contributed by atoms with Crippen LogP contribution in [-0.4, -0.2) is 5.71 Å². The highest BCUT2D eigenvalue weighted by molar-refractivity contribution is 6.12. The number of rotatable bonds is 3. The summed E-state index contributed by atoms with van der Waals surface area (Å²) in [6, 6.07) is 0. The average Bonchev–Trinajstić information content (AvgIpc) is 2.03. The molecule has 12 heavy (non-hydrogen) atoms. The first-order valence-electron chi connectivity index (χ1n) is 3.87. The fraction of sp³-hybridized carbons (Fsp3) is 0.300. The van der Waals surface area contributed by atoms with Crippen LogP contribution in [0.3, 0.4) is 0 Å². The maximum Gasteiger partial charge on any atom is 0.0655 e. The highest BCUT2D eigenvalue weighted by atomic mass is 14.6. The first-order valence-corrected chi connectivity index (χ1v) is 3.87. The minimum absolute atomic E-state index is 0.448. The Bertz CT molecular complexity index is 257. The Morgan fingerprint density at radius 2 is 1.83 bits per heavy atom. The second-order valence-electron chi connectivity index (χ2n) is 2.57. The molecule has 2 nitrogen and oxygen atoms in total. The standard InChI is InChI=1S/C10H16N2/c1-5-7(3)10(12)9(6-2)8(4)11/h5-6,12H,4,11H2,1-3H3/b7-5-,9-6-,12-10?. The lowest BCUT2D eigenvalue weighted by molar-refractivity contribution is 1.33.